The standard InChI is InChI=1S/C15H11BrN2O2/c1-2-20-15(19)13-12-10(7-8-17-14(12)16)9-5-3-4-6-11(9)18-13/h3-8H,2H2,1H3. The van der Waals surface area contributed by atoms with Crippen LogP contribution in [0.15, 0.2) is 41.1 Å². The molecule has 0 fully saturated rings. The molecule has 20 heavy (non-hydrogen) atoms. The summed E-state index contributed by atoms with van der Waals surface area (Å²) in [6.45, 7) is 2.08. The first kappa shape index (κ1) is 13.0. The zero-order valence-corrected chi connectivity index (χ0v) is 12.3. The van der Waals surface area contributed by atoms with Gasteiger partial charge >= 0.3 is 5.97 Å². The van der Waals surface area contributed by atoms with E-state index in [0.717, 1.165) is 16.3 Å². The number of nitrogens with zero attached hydrogens (tertiary/aromatic N) is 2. The van der Waals surface area contributed by atoms with Gasteiger partial charge in [-0.2, -0.15) is 0 Å². The SMILES string of the molecule is CCOC(=O)c1nc2ccccc2c2ccnc(Br)c12. The fraction of sp³-hybridized carbons (Fsp3) is 0.133. The van der Waals surface area contributed by atoms with Gasteiger partial charge in [0.25, 0.3) is 0 Å². The van der Waals surface area contributed by atoms with Gasteiger partial charge < -0.3 is 4.74 Å². The number of carbonyl (C=O) groups is 1. The summed E-state index contributed by atoms with van der Waals surface area (Å²) in [6, 6.07) is 9.58. The molecule has 1 aromatic carbocycles. The highest BCUT2D eigenvalue weighted by Gasteiger charge is 2.18. The van der Waals surface area contributed by atoms with Crippen molar-refractivity contribution in [3.63, 3.8) is 0 Å². The number of para-hydroxylation sites is 1. The van der Waals surface area contributed by atoms with Gasteiger partial charge in [-0.3, -0.25) is 0 Å². The van der Waals surface area contributed by atoms with Crippen molar-refractivity contribution >= 4 is 43.6 Å². The van der Waals surface area contributed by atoms with Crippen LogP contribution in [0.5, 0.6) is 0 Å². The van der Waals surface area contributed by atoms with Crippen molar-refractivity contribution in [3.8, 4) is 0 Å². The first-order chi connectivity index (χ1) is 9.72. The van der Waals surface area contributed by atoms with Crippen molar-refractivity contribution in [2.24, 2.45) is 0 Å². The Hall–Kier alpha value is -2.01. The number of halogens is 1. The average Bonchev–Trinajstić information content (AvgIpc) is 2.47. The van der Waals surface area contributed by atoms with Crippen LogP contribution in [-0.2, 0) is 4.74 Å². The van der Waals surface area contributed by atoms with E-state index in [1.807, 2.05) is 30.3 Å². The van der Waals surface area contributed by atoms with Crippen LogP contribution in [0, 0.1) is 0 Å². The van der Waals surface area contributed by atoms with Crippen LogP contribution in [0.1, 0.15) is 17.4 Å². The molecule has 3 rings (SSSR count). The molecule has 2 heterocycles. The topological polar surface area (TPSA) is 52.1 Å². The number of pyridine rings is 2. The normalized spacial score (nSPS) is 10.9. The third kappa shape index (κ3) is 2.04. The van der Waals surface area contributed by atoms with E-state index in [4.69, 9.17) is 4.74 Å². The molecule has 0 aliphatic rings. The molecule has 0 saturated carbocycles. The van der Waals surface area contributed by atoms with Crippen LogP contribution in [0.2, 0.25) is 0 Å². The number of hydrogen-bond donors (Lipinski definition) is 0. The molecule has 0 N–H and O–H groups in total. The number of hydrogen-bond acceptors (Lipinski definition) is 4. The van der Waals surface area contributed by atoms with Crippen LogP contribution in [0.25, 0.3) is 21.7 Å². The molecule has 0 atom stereocenters. The molecular weight excluding hydrogens is 320 g/mol. The van der Waals surface area contributed by atoms with Crippen molar-refractivity contribution < 1.29 is 9.53 Å². The van der Waals surface area contributed by atoms with Crippen molar-refractivity contribution in [2.75, 3.05) is 6.61 Å². The van der Waals surface area contributed by atoms with Gasteiger partial charge in [0.05, 0.1) is 12.1 Å². The van der Waals surface area contributed by atoms with Gasteiger partial charge in [-0.1, -0.05) is 18.2 Å². The van der Waals surface area contributed by atoms with Gasteiger partial charge in [0, 0.05) is 17.0 Å². The van der Waals surface area contributed by atoms with E-state index < -0.39 is 5.97 Å². The zero-order chi connectivity index (χ0) is 14.1. The molecular formula is C15H11BrN2O2. The second-order valence-electron chi connectivity index (χ2n) is 4.22. The Morgan fingerprint density at radius 1 is 1.25 bits per heavy atom. The molecule has 4 nitrogen and oxygen atoms in total. The molecule has 2 aromatic heterocycles. The average molecular weight is 331 g/mol. The number of esters is 1. The fourth-order valence-electron chi connectivity index (χ4n) is 2.21. The minimum atomic E-state index is -0.433. The summed E-state index contributed by atoms with van der Waals surface area (Å²) < 4.78 is 5.68. The molecule has 0 bridgehead atoms. The van der Waals surface area contributed by atoms with E-state index in [1.165, 1.54) is 0 Å². The summed E-state index contributed by atoms with van der Waals surface area (Å²) in [5, 5.41) is 2.60. The van der Waals surface area contributed by atoms with E-state index in [-0.39, 0.29) is 0 Å². The summed E-state index contributed by atoms with van der Waals surface area (Å²) in [5.41, 5.74) is 1.06. The predicted molar refractivity (Wildman–Crippen MR) is 80.7 cm³/mol. The van der Waals surface area contributed by atoms with Gasteiger partial charge in [0.15, 0.2) is 5.69 Å². The number of aromatic nitrogens is 2. The first-order valence-corrected chi connectivity index (χ1v) is 7.01. The molecule has 0 saturated heterocycles. The maximum absolute atomic E-state index is 12.1. The molecule has 0 aliphatic carbocycles. The maximum atomic E-state index is 12.1. The van der Waals surface area contributed by atoms with Crippen LogP contribution in [0.4, 0.5) is 0 Å². The molecule has 0 unspecified atom stereocenters. The second kappa shape index (κ2) is 5.17. The number of fused-ring (bicyclic) bond motifs is 3. The number of carbonyl (C=O) groups excluding carboxylic acids is 1. The number of benzene rings is 1. The minimum Gasteiger partial charge on any atom is -0.461 e. The fourth-order valence-corrected chi connectivity index (χ4v) is 2.73. The lowest BCUT2D eigenvalue weighted by Gasteiger charge is -2.09. The minimum absolute atomic E-state index is 0.292. The van der Waals surface area contributed by atoms with Gasteiger partial charge in [-0.25, -0.2) is 14.8 Å². The molecule has 0 spiro atoms. The number of rotatable bonds is 2. The smallest absolute Gasteiger partial charge is 0.357 e. The Labute approximate surface area is 123 Å². The molecule has 100 valence electrons. The van der Waals surface area contributed by atoms with Crippen LogP contribution < -0.4 is 0 Å². The monoisotopic (exact) mass is 330 g/mol. The lowest BCUT2D eigenvalue weighted by Crippen LogP contribution is -2.08. The second-order valence-corrected chi connectivity index (χ2v) is 4.97. The first-order valence-electron chi connectivity index (χ1n) is 6.22. The van der Waals surface area contributed by atoms with E-state index in [0.29, 0.717) is 22.3 Å². The highest BCUT2D eigenvalue weighted by atomic mass is 79.9. The largest absolute Gasteiger partial charge is 0.461 e. The molecule has 5 heteroatoms. The quantitative estimate of drug-likeness (QED) is 0.408. The molecule has 0 amide bonds. The third-order valence-corrected chi connectivity index (χ3v) is 3.64. The van der Waals surface area contributed by atoms with Gasteiger partial charge in [-0.15, -0.1) is 0 Å². The molecule has 3 aromatic rings. The van der Waals surface area contributed by atoms with Gasteiger partial charge in [-0.05, 0) is 40.4 Å². The summed E-state index contributed by atoms with van der Waals surface area (Å²) in [4.78, 5) is 20.7. The van der Waals surface area contributed by atoms with Crippen LogP contribution in [-0.4, -0.2) is 22.5 Å². The number of ether oxygens (including phenoxy) is 1. The summed E-state index contributed by atoms with van der Waals surface area (Å²) in [6.07, 6.45) is 1.70. The van der Waals surface area contributed by atoms with E-state index in [1.54, 1.807) is 13.1 Å². The lowest BCUT2D eigenvalue weighted by molar-refractivity contribution is 0.0522. The molecule has 0 aliphatic heterocycles. The highest BCUT2D eigenvalue weighted by molar-refractivity contribution is 9.10. The van der Waals surface area contributed by atoms with Crippen LogP contribution in [0.3, 0.4) is 0 Å². The molecule has 0 radical (unpaired) electrons. The Morgan fingerprint density at radius 3 is 2.85 bits per heavy atom. The summed E-state index contributed by atoms with van der Waals surface area (Å²) in [5.74, 6) is -0.433. The van der Waals surface area contributed by atoms with Crippen molar-refractivity contribution in [3.05, 3.63) is 46.8 Å². The van der Waals surface area contributed by atoms with Gasteiger partial charge in [0.2, 0.25) is 0 Å². The predicted octanol–water partition coefficient (Wildman–Crippen LogP) is 3.72. The van der Waals surface area contributed by atoms with Crippen molar-refractivity contribution in [1.29, 1.82) is 0 Å². The highest BCUT2D eigenvalue weighted by Crippen LogP contribution is 2.30. The zero-order valence-electron chi connectivity index (χ0n) is 10.8. The summed E-state index contributed by atoms with van der Waals surface area (Å²) in [7, 11) is 0. The Kier molecular flexibility index (Phi) is 3.36. The summed E-state index contributed by atoms with van der Waals surface area (Å²) >= 11 is 3.39. The van der Waals surface area contributed by atoms with Crippen LogP contribution >= 0.6 is 15.9 Å². The van der Waals surface area contributed by atoms with Gasteiger partial charge in [0.1, 0.15) is 4.60 Å². The van der Waals surface area contributed by atoms with E-state index >= 15 is 0 Å². The van der Waals surface area contributed by atoms with E-state index in [2.05, 4.69) is 25.9 Å². The van der Waals surface area contributed by atoms with Crippen molar-refractivity contribution in [2.45, 2.75) is 6.92 Å². The third-order valence-electron chi connectivity index (χ3n) is 3.04. The van der Waals surface area contributed by atoms with E-state index in [9.17, 15) is 4.79 Å². The Bertz CT molecular complexity index is 817. The Balaban J connectivity index is 2.45. The Morgan fingerprint density at radius 2 is 2.05 bits per heavy atom. The maximum Gasteiger partial charge on any atom is 0.357 e. The lowest BCUT2D eigenvalue weighted by atomic mass is 10.1. The van der Waals surface area contributed by atoms with Crippen molar-refractivity contribution in [1.82, 2.24) is 9.97 Å².